The Morgan fingerprint density at radius 1 is 0.812 bits per heavy atom. The third-order valence-electron chi connectivity index (χ3n) is 14.5. The highest BCUT2D eigenvalue weighted by Gasteiger charge is 2.41. The van der Waals surface area contributed by atoms with Gasteiger partial charge in [-0.1, -0.05) is 92.6 Å². The van der Waals surface area contributed by atoms with Crippen molar-refractivity contribution < 1.29 is 48.4 Å². The van der Waals surface area contributed by atoms with Gasteiger partial charge in [-0.3, -0.25) is 44.1 Å². The second-order valence-electron chi connectivity index (χ2n) is 20.7. The number of aldehydes is 1. The van der Waals surface area contributed by atoms with Crippen LogP contribution in [0.4, 0.5) is 0 Å². The zero-order valence-corrected chi connectivity index (χ0v) is 51.3. The van der Waals surface area contributed by atoms with E-state index in [-0.39, 0.29) is 38.1 Å². The number of aliphatic hydroxyl groups excluding tert-OH is 1. The van der Waals surface area contributed by atoms with E-state index in [0.717, 1.165) is 101 Å². The minimum Gasteiger partial charge on any atom is -0.487 e. The maximum Gasteiger partial charge on any atom is 0.529 e. The van der Waals surface area contributed by atoms with Crippen molar-refractivity contribution in [2.45, 2.75) is 76.5 Å². The molecule has 0 saturated carbocycles. The maximum absolute atomic E-state index is 14.2. The van der Waals surface area contributed by atoms with E-state index in [4.69, 9.17) is 26.5 Å². The van der Waals surface area contributed by atoms with Crippen molar-refractivity contribution >= 4 is 49.8 Å². The molecule has 0 aliphatic carbocycles. The van der Waals surface area contributed by atoms with Crippen molar-refractivity contribution in [3.63, 3.8) is 0 Å². The van der Waals surface area contributed by atoms with Gasteiger partial charge < -0.3 is 50.9 Å². The van der Waals surface area contributed by atoms with Gasteiger partial charge in [-0.05, 0) is 70.8 Å². The lowest BCUT2D eigenvalue weighted by Gasteiger charge is -2.32. The first-order valence-corrected chi connectivity index (χ1v) is 31.2. The van der Waals surface area contributed by atoms with Crippen LogP contribution in [0.5, 0.6) is 5.75 Å². The van der Waals surface area contributed by atoms with Gasteiger partial charge >= 0.3 is 14.0 Å². The van der Waals surface area contributed by atoms with E-state index in [1.54, 1.807) is 46.7 Å². The number of carbonyl (C=O) groups is 5. The molecule has 4 aromatic rings. The van der Waals surface area contributed by atoms with Crippen LogP contribution < -0.4 is 32.3 Å². The highest BCUT2D eigenvalue weighted by atomic mass is 32.1. The summed E-state index contributed by atoms with van der Waals surface area (Å²) < 4.78 is 18.1. The Morgan fingerprint density at radius 2 is 1.42 bits per heavy atom. The number of carboxylic acids is 1. The molecule has 0 bridgehead atoms. The van der Waals surface area contributed by atoms with Crippen molar-refractivity contribution in [2.75, 3.05) is 118 Å². The van der Waals surface area contributed by atoms with Gasteiger partial charge in [0.1, 0.15) is 24.7 Å². The predicted molar refractivity (Wildman–Crippen MR) is 334 cm³/mol. The molecule has 3 heterocycles. The highest BCUT2D eigenvalue weighted by Crippen LogP contribution is 2.36. The first-order chi connectivity index (χ1) is 41.3. The number of thiophene rings is 1. The van der Waals surface area contributed by atoms with Gasteiger partial charge in [0.15, 0.2) is 0 Å². The van der Waals surface area contributed by atoms with Gasteiger partial charge in [0.05, 0.1) is 31.4 Å². The Morgan fingerprint density at radius 3 is 2.00 bits per heavy atom. The molecule has 24 heteroatoms. The van der Waals surface area contributed by atoms with E-state index >= 15 is 0 Å². The Hall–Kier alpha value is -6.47. The summed E-state index contributed by atoms with van der Waals surface area (Å²) in [6.07, 6.45) is 8.88. The SMILES string of the molecule is C=CCN1CCN(CC)CCN(CC=O)CCN(CC(=O)O)CC1.CO.N/C(=C\N(N)C1CC(C(=O)NCCCCCCNC=O)N(C(=O)CN(Cc2ccccc2)Cc2cccs2)C1)COc1ccc(C(NCc2ccccc2)[P+](=O)O)cc1. The molecule has 85 heavy (non-hydrogen) atoms. The minimum absolute atomic E-state index is 0.0125. The number of likely N-dealkylation sites (N-methyl/N-ethyl adjacent to an activating group) is 1. The Balaban J connectivity index is 0.000000498. The number of nitrogens with zero attached hydrogens (tertiary/aromatic N) is 7. The van der Waals surface area contributed by atoms with Crippen LogP contribution in [0.15, 0.2) is 127 Å². The van der Waals surface area contributed by atoms with Crippen molar-refractivity contribution in [1.82, 2.24) is 50.4 Å². The number of likely N-dealkylation sites (tertiary alicyclic amines) is 1. The number of nitrogens with two attached hydrogens (primary N) is 2. The molecule has 0 spiro atoms. The number of carboxylic acid groups (broad SMARTS) is 1. The van der Waals surface area contributed by atoms with Gasteiger partial charge in [0.2, 0.25) is 18.2 Å². The van der Waals surface area contributed by atoms with Crippen molar-refractivity contribution in [1.29, 1.82) is 0 Å². The molecule has 3 amide bonds. The van der Waals surface area contributed by atoms with Crippen LogP contribution in [0.1, 0.15) is 66.4 Å². The molecule has 1 aromatic heterocycles. The fourth-order valence-corrected chi connectivity index (χ4v) is 11.3. The maximum atomic E-state index is 14.2. The molecule has 4 unspecified atom stereocenters. The van der Waals surface area contributed by atoms with E-state index in [1.807, 2.05) is 83.1 Å². The fraction of sp³-hybridized carbons (Fsp3) is 0.492. The summed E-state index contributed by atoms with van der Waals surface area (Å²) in [5, 5.41) is 28.4. The van der Waals surface area contributed by atoms with Gasteiger partial charge in [-0.25, -0.2) is 5.84 Å². The van der Waals surface area contributed by atoms with E-state index in [9.17, 15) is 33.4 Å². The van der Waals surface area contributed by atoms with Crippen LogP contribution in [-0.4, -0.2) is 211 Å². The van der Waals surface area contributed by atoms with E-state index in [0.29, 0.717) is 88.7 Å². The number of carbonyl (C=O) groups excluding carboxylic acids is 4. The first-order valence-electron chi connectivity index (χ1n) is 29.1. The molecule has 466 valence electrons. The lowest BCUT2D eigenvalue weighted by Crippen LogP contribution is -2.49. The van der Waals surface area contributed by atoms with Crippen LogP contribution in [0.3, 0.4) is 0 Å². The number of nitrogens with one attached hydrogen (secondary N) is 3. The summed E-state index contributed by atoms with van der Waals surface area (Å²) in [5.74, 6) is 5.13. The monoisotopic (exact) mass is 1220 g/mol. The fourth-order valence-electron chi connectivity index (χ4n) is 9.84. The topological polar surface area (TPSA) is 283 Å². The Labute approximate surface area is 507 Å². The first kappa shape index (κ1) is 71.0. The average Bonchev–Trinajstić information content (AvgIpc) is 4.44. The van der Waals surface area contributed by atoms with Gasteiger partial charge in [-0.2, -0.15) is 4.89 Å². The Kier molecular flexibility index (Phi) is 34.7. The van der Waals surface area contributed by atoms with Crippen LogP contribution in [0.25, 0.3) is 0 Å². The molecule has 10 N–H and O–H groups in total. The van der Waals surface area contributed by atoms with Crippen LogP contribution in [0, 0.1) is 0 Å². The predicted octanol–water partition coefficient (Wildman–Crippen LogP) is 4.03. The number of ether oxygens (including phenoxy) is 1. The molecular formula is C61H92N12O10PS+. The smallest absolute Gasteiger partial charge is 0.487 e. The molecule has 6 rings (SSSR count). The molecule has 22 nitrogen and oxygen atoms in total. The number of rotatable bonds is 32. The molecule has 2 aliphatic rings. The molecule has 0 radical (unpaired) electrons. The van der Waals surface area contributed by atoms with Crippen molar-refractivity contribution in [2.24, 2.45) is 11.6 Å². The zero-order chi connectivity index (χ0) is 61.6. The zero-order valence-electron chi connectivity index (χ0n) is 49.6. The van der Waals surface area contributed by atoms with Gasteiger partial charge in [0, 0.05) is 128 Å². The highest BCUT2D eigenvalue weighted by molar-refractivity contribution is 7.38. The molecule has 3 aromatic carbocycles. The van der Waals surface area contributed by atoms with Crippen LogP contribution in [0.2, 0.25) is 0 Å². The lowest BCUT2D eigenvalue weighted by molar-refractivity contribution is -0.139. The summed E-state index contributed by atoms with van der Waals surface area (Å²) in [6.45, 7) is 17.8. The molecule has 4 atom stereocenters. The number of hydrazine groups is 1. The Bertz CT molecular complexity index is 2550. The molecular weight excluding hydrogens is 1120 g/mol. The largest absolute Gasteiger partial charge is 0.529 e. The number of unbranched alkanes of at least 4 members (excludes halogenated alkanes) is 3. The summed E-state index contributed by atoms with van der Waals surface area (Å²) in [6, 6.07) is 29.5. The summed E-state index contributed by atoms with van der Waals surface area (Å²) in [7, 11) is -1.54. The summed E-state index contributed by atoms with van der Waals surface area (Å²) in [4.78, 5) is 84.0. The van der Waals surface area contributed by atoms with Gasteiger partial charge in [0.25, 0.3) is 5.78 Å². The van der Waals surface area contributed by atoms with E-state index in [2.05, 4.69) is 55.1 Å². The summed E-state index contributed by atoms with van der Waals surface area (Å²) in [5.41, 5.74) is 9.43. The number of benzene rings is 3. The second-order valence-corrected chi connectivity index (χ2v) is 22.8. The molecule has 2 fully saturated rings. The lowest BCUT2D eigenvalue weighted by atomic mass is 10.1. The molecule has 2 aliphatic heterocycles. The van der Waals surface area contributed by atoms with E-state index < -0.39 is 31.9 Å². The van der Waals surface area contributed by atoms with Crippen molar-refractivity contribution in [3.05, 3.63) is 149 Å². The number of aliphatic carboxylic acids is 1. The number of amides is 3. The number of hydrogen-bond acceptors (Lipinski definition) is 18. The van der Waals surface area contributed by atoms with Gasteiger partial charge in [-0.15, -0.1) is 17.9 Å². The van der Waals surface area contributed by atoms with E-state index in [1.165, 1.54) is 5.01 Å². The van der Waals surface area contributed by atoms with Crippen molar-refractivity contribution in [3.8, 4) is 5.75 Å². The normalized spacial score (nSPS) is 17.1. The second kappa shape index (κ2) is 41.6. The van der Waals surface area contributed by atoms with Crippen LogP contribution >= 0.6 is 19.4 Å². The van der Waals surface area contributed by atoms with Crippen LogP contribution in [-0.2, 0) is 48.2 Å². The number of aliphatic hydroxyl groups is 1. The average molecular weight is 1220 g/mol. The number of hydrogen-bond donors (Lipinski definition) is 8. The third-order valence-corrected chi connectivity index (χ3v) is 16.2. The quantitative estimate of drug-likeness (QED) is 0.00856. The minimum atomic E-state index is -2.54. The summed E-state index contributed by atoms with van der Waals surface area (Å²) >= 11 is 1.64. The third kappa shape index (κ3) is 27.6. The molecule has 2 saturated heterocycles. The standard InChI is InChI=1S/C43H55N8O6PS.C17H32N4O3.CH4O/c44-36(31-57-38-19-17-35(18-20-38)43(58(55)56)48-25-33-12-5-3-6-13-33)27-51(45)37-24-40(42(54)47-22-10-2-1-9-21-46-32-52)50(28-37)41(53)30-49(29-39-16-11-23-59-39)26-34-14-7-4-8-15-34;1-3-5-19-8-6-18(4-2)7-9-20(14-15-22)11-13-21(12-10-19)16-17(23)24;1-2/h3-8,11-20,23,27,32,37,40,43,48H,1-2,9-10,21-22,24-26,28-31,44-45H2,(H2-,46,47,52,54,55,56);3,15H,1,4-14,16H2,2H3,(H,23,24);2H,1H3/p+1/b36-27-;;.